The van der Waals surface area contributed by atoms with Crippen molar-refractivity contribution in [1.82, 2.24) is 5.32 Å². The fourth-order valence-electron chi connectivity index (χ4n) is 1.85. The van der Waals surface area contributed by atoms with E-state index in [0.29, 0.717) is 18.5 Å². The summed E-state index contributed by atoms with van der Waals surface area (Å²) < 4.78 is 5.13. The second-order valence-electron chi connectivity index (χ2n) is 4.34. The van der Waals surface area contributed by atoms with Crippen molar-refractivity contribution in [3.63, 3.8) is 0 Å². The van der Waals surface area contributed by atoms with Crippen molar-refractivity contribution >= 4 is 22.8 Å². The Morgan fingerprint density at radius 2 is 1.85 bits per heavy atom. The van der Waals surface area contributed by atoms with Crippen molar-refractivity contribution in [2.75, 3.05) is 13.2 Å². The summed E-state index contributed by atoms with van der Waals surface area (Å²) in [5, 5.41) is 4.51. The van der Waals surface area contributed by atoms with E-state index in [-0.39, 0.29) is 12.6 Å². The Balaban J connectivity index is 1.89. The topological polar surface area (TPSA) is 81.4 Å². The Kier molecular flexibility index (Phi) is 4.55. The molecule has 2 rings (SSSR count). The largest absolute Gasteiger partial charge is 0.462 e. The van der Waals surface area contributed by atoms with Gasteiger partial charge in [-0.25, -0.2) is 9.59 Å². The average Bonchev–Trinajstić information content (AvgIpc) is 2.46. The first-order chi connectivity index (χ1) is 9.66. The molecule has 104 valence electrons. The molecule has 0 fully saturated rings. The van der Waals surface area contributed by atoms with Gasteiger partial charge in [0.2, 0.25) is 0 Å². The van der Waals surface area contributed by atoms with Crippen molar-refractivity contribution in [2.45, 2.75) is 6.42 Å². The van der Waals surface area contributed by atoms with Crippen LogP contribution < -0.4 is 11.1 Å². The van der Waals surface area contributed by atoms with Crippen molar-refractivity contribution in [2.24, 2.45) is 5.73 Å². The Morgan fingerprint density at radius 3 is 2.60 bits per heavy atom. The van der Waals surface area contributed by atoms with Gasteiger partial charge in [-0.1, -0.05) is 30.3 Å². The zero-order chi connectivity index (χ0) is 14.4. The molecule has 0 aliphatic rings. The van der Waals surface area contributed by atoms with Gasteiger partial charge in [0.1, 0.15) is 0 Å². The van der Waals surface area contributed by atoms with E-state index in [1.165, 1.54) is 0 Å². The number of esters is 1. The predicted octanol–water partition coefficient (Wildman–Crippen LogP) is 2.06. The number of amides is 2. The van der Waals surface area contributed by atoms with E-state index < -0.39 is 6.03 Å². The molecule has 0 radical (unpaired) electrons. The molecule has 5 heteroatoms. The molecule has 0 unspecified atom stereocenters. The van der Waals surface area contributed by atoms with Crippen LogP contribution in [0.25, 0.3) is 10.8 Å². The molecule has 2 aromatic rings. The number of rotatable bonds is 5. The summed E-state index contributed by atoms with van der Waals surface area (Å²) >= 11 is 0. The van der Waals surface area contributed by atoms with Crippen LogP contribution in [0.2, 0.25) is 0 Å². The molecule has 0 spiro atoms. The molecule has 2 amide bonds. The lowest BCUT2D eigenvalue weighted by Gasteiger charge is -2.06. The summed E-state index contributed by atoms with van der Waals surface area (Å²) in [6.07, 6.45) is 0.530. The van der Waals surface area contributed by atoms with Crippen LogP contribution in [0.3, 0.4) is 0 Å². The normalized spacial score (nSPS) is 10.2. The van der Waals surface area contributed by atoms with Gasteiger partial charge in [-0.3, -0.25) is 0 Å². The highest BCUT2D eigenvalue weighted by Gasteiger charge is 2.07. The van der Waals surface area contributed by atoms with Gasteiger partial charge < -0.3 is 15.8 Å². The highest BCUT2D eigenvalue weighted by Crippen LogP contribution is 2.16. The van der Waals surface area contributed by atoms with Crippen LogP contribution in [-0.2, 0) is 4.74 Å². The van der Waals surface area contributed by atoms with Gasteiger partial charge in [0.05, 0.1) is 12.2 Å². The summed E-state index contributed by atoms with van der Waals surface area (Å²) in [5.41, 5.74) is 5.44. The first-order valence-corrected chi connectivity index (χ1v) is 6.36. The summed E-state index contributed by atoms with van der Waals surface area (Å²) in [6.45, 7) is 0.631. The molecule has 0 saturated heterocycles. The smallest absolute Gasteiger partial charge is 0.338 e. The van der Waals surface area contributed by atoms with Gasteiger partial charge >= 0.3 is 12.0 Å². The van der Waals surface area contributed by atoms with Crippen molar-refractivity contribution in [1.29, 1.82) is 0 Å². The maximum Gasteiger partial charge on any atom is 0.338 e. The van der Waals surface area contributed by atoms with Gasteiger partial charge in [0, 0.05) is 6.54 Å². The Labute approximate surface area is 116 Å². The third-order valence-corrected chi connectivity index (χ3v) is 2.84. The lowest BCUT2D eigenvalue weighted by atomic mass is 10.1. The third-order valence-electron chi connectivity index (χ3n) is 2.84. The molecular weight excluding hydrogens is 256 g/mol. The molecular formula is C15H16N2O3. The summed E-state index contributed by atoms with van der Waals surface area (Å²) in [7, 11) is 0. The van der Waals surface area contributed by atoms with Gasteiger partial charge in [-0.05, 0) is 29.3 Å². The van der Waals surface area contributed by atoms with Gasteiger partial charge in [-0.15, -0.1) is 0 Å². The molecule has 20 heavy (non-hydrogen) atoms. The van der Waals surface area contributed by atoms with Gasteiger partial charge in [0.25, 0.3) is 0 Å². The number of nitrogens with one attached hydrogen (secondary N) is 1. The SMILES string of the molecule is NC(=O)NCCCOC(=O)c1ccc2ccccc2c1. The number of ether oxygens (including phenoxy) is 1. The first kappa shape index (κ1) is 13.9. The summed E-state index contributed by atoms with van der Waals surface area (Å²) in [6, 6.07) is 12.7. The maximum atomic E-state index is 11.9. The Hall–Kier alpha value is -2.56. The van der Waals surface area contributed by atoms with E-state index in [9.17, 15) is 9.59 Å². The molecule has 2 aromatic carbocycles. The van der Waals surface area contributed by atoms with Crippen LogP contribution in [-0.4, -0.2) is 25.2 Å². The Morgan fingerprint density at radius 1 is 1.10 bits per heavy atom. The number of benzene rings is 2. The number of primary amides is 1. The van der Waals surface area contributed by atoms with E-state index >= 15 is 0 Å². The molecule has 3 N–H and O–H groups in total. The number of nitrogens with two attached hydrogens (primary N) is 1. The third kappa shape index (κ3) is 3.71. The van der Waals surface area contributed by atoms with E-state index in [1.54, 1.807) is 12.1 Å². The highest BCUT2D eigenvalue weighted by molar-refractivity contribution is 5.95. The minimum absolute atomic E-state index is 0.242. The Bertz CT molecular complexity index is 625. The molecule has 5 nitrogen and oxygen atoms in total. The number of carbonyl (C=O) groups is 2. The second-order valence-corrected chi connectivity index (χ2v) is 4.34. The van der Waals surface area contributed by atoms with E-state index in [1.807, 2.05) is 30.3 Å². The number of hydrogen-bond donors (Lipinski definition) is 2. The van der Waals surface area contributed by atoms with Crippen LogP contribution in [0.15, 0.2) is 42.5 Å². The molecule has 0 atom stereocenters. The fourth-order valence-corrected chi connectivity index (χ4v) is 1.85. The number of urea groups is 1. The minimum atomic E-state index is -0.578. The minimum Gasteiger partial charge on any atom is -0.462 e. The zero-order valence-corrected chi connectivity index (χ0v) is 11.0. The van der Waals surface area contributed by atoms with E-state index in [0.717, 1.165) is 10.8 Å². The van der Waals surface area contributed by atoms with Crippen molar-refractivity contribution in [3.05, 3.63) is 48.0 Å². The lowest BCUT2D eigenvalue weighted by molar-refractivity contribution is 0.0502. The average molecular weight is 272 g/mol. The first-order valence-electron chi connectivity index (χ1n) is 6.36. The van der Waals surface area contributed by atoms with E-state index in [2.05, 4.69) is 5.32 Å². The predicted molar refractivity (Wildman–Crippen MR) is 76.4 cm³/mol. The van der Waals surface area contributed by atoms with Gasteiger partial charge in [0.15, 0.2) is 0 Å². The standard InChI is InChI=1S/C15H16N2O3/c16-15(19)17-8-3-9-20-14(18)13-7-6-11-4-1-2-5-12(11)10-13/h1-2,4-7,10H,3,8-9H2,(H3,16,17,19). The van der Waals surface area contributed by atoms with Crippen LogP contribution in [0.1, 0.15) is 16.8 Å². The monoisotopic (exact) mass is 272 g/mol. The molecule has 0 aliphatic heterocycles. The van der Waals surface area contributed by atoms with E-state index in [4.69, 9.17) is 10.5 Å². The number of carbonyl (C=O) groups excluding carboxylic acids is 2. The molecule has 0 bridgehead atoms. The molecule has 0 aliphatic carbocycles. The highest BCUT2D eigenvalue weighted by atomic mass is 16.5. The molecule has 0 heterocycles. The van der Waals surface area contributed by atoms with Gasteiger partial charge in [-0.2, -0.15) is 0 Å². The van der Waals surface area contributed by atoms with Crippen LogP contribution in [0, 0.1) is 0 Å². The zero-order valence-electron chi connectivity index (χ0n) is 11.0. The van der Waals surface area contributed by atoms with Crippen LogP contribution in [0.4, 0.5) is 4.79 Å². The molecule has 0 aromatic heterocycles. The fraction of sp³-hybridized carbons (Fsp3) is 0.200. The van der Waals surface area contributed by atoms with Crippen LogP contribution >= 0.6 is 0 Å². The lowest BCUT2D eigenvalue weighted by Crippen LogP contribution is -2.30. The second kappa shape index (κ2) is 6.56. The van der Waals surface area contributed by atoms with Crippen molar-refractivity contribution in [3.8, 4) is 0 Å². The summed E-state index contributed by atoms with van der Waals surface area (Å²) in [4.78, 5) is 22.3. The van der Waals surface area contributed by atoms with Crippen LogP contribution in [0.5, 0.6) is 0 Å². The maximum absolute atomic E-state index is 11.9. The summed E-state index contributed by atoms with van der Waals surface area (Å²) in [5.74, 6) is -0.366. The number of hydrogen-bond acceptors (Lipinski definition) is 3. The van der Waals surface area contributed by atoms with Crippen molar-refractivity contribution < 1.29 is 14.3 Å². The number of fused-ring (bicyclic) bond motifs is 1. The molecule has 0 saturated carbocycles. The quantitative estimate of drug-likeness (QED) is 0.645.